The quantitative estimate of drug-likeness (QED) is 0.424. The van der Waals surface area contributed by atoms with Gasteiger partial charge in [-0.05, 0) is 26.8 Å². The number of anilines is 1. The van der Waals surface area contributed by atoms with Crippen molar-refractivity contribution in [2.75, 3.05) is 60.1 Å². The standard InChI is InChI=1S/C20H32N2O8/c1-20(2,3)30-19(24)21-15-13-17(29-11-9-26-6)16(28-10-8-25-5)12-14(15)18(23)22(4)27-7/h12-13H,8-11H2,1-7H3,(H,21,24). The van der Waals surface area contributed by atoms with Crippen LogP contribution in [0, 0.1) is 0 Å². The first-order valence-corrected chi connectivity index (χ1v) is 9.36. The van der Waals surface area contributed by atoms with Gasteiger partial charge in [0.15, 0.2) is 11.5 Å². The maximum Gasteiger partial charge on any atom is 0.412 e. The normalized spacial score (nSPS) is 11.0. The third kappa shape index (κ3) is 8.44. The van der Waals surface area contributed by atoms with Gasteiger partial charge >= 0.3 is 6.09 Å². The van der Waals surface area contributed by atoms with Crippen LogP contribution < -0.4 is 14.8 Å². The number of carbonyl (C=O) groups is 2. The number of ether oxygens (including phenoxy) is 5. The second-order valence-corrected chi connectivity index (χ2v) is 7.14. The molecule has 0 heterocycles. The third-order valence-corrected chi connectivity index (χ3v) is 3.60. The molecule has 0 unspecified atom stereocenters. The Kier molecular flexibility index (Phi) is 10.4. The molecule has 0 aliphatic carbocycles. The van der Waals surface area contributed by atoms with Gasteiger partial charge in [0.05, 0.1) is 31.6 Å². The Balaban J connectivity index is 3.34. The highest BCUT2D eigenvalue weighted by Gasteiger charge is 2.24. The van der Waals surface area contributed by atoms with Crippen LogP contribution >= 0.6 is 0 Å². The number of amides is 2. The fourth-order valence-corrected chi connectivity index (χ4v) is 2.20. The molecular weight excluding hydrogens is 396 g/mol. The predicted molar refractivity (Wildman–Crippen MR) is 110 cm³/mol. The molecule has 10 heteroatoms. The van der Waals surface area contributed by atoms with Gasteiger partial charge in [0.25, 0.3) is 5.91 Å². The van der Waals surface area contributed by atoms with Gasteiger partial charge in [-0.3, -0.25) is 14.9 Å². The molecule has 170 valence electrons. The van der Waals surface area contributed by atoms with Crippen LogP contribution in [0.25, 0.3) is 0 Å². The molecule has 1 rings (SSSR count). The van der Waals surface area contributed by atoms with E-state index in [1.54, 1.807) is 35.0 Å². The molecule has 0 fully saturated rings. The van der Waals surface area contributed by atoms with Gasteiger partial charge in [-0.25, -0.2) is 9.86 Å². The maximum atomic E-state index is 12.8. The lowest BCUT2D eigenvalue weighted by Crippen LogP contribution is -2.30. The molecule has 0 aromatic heterocycles. The smallest absolute Gasteiger partial charge is 0.412 e. The van der Waals surface area contributed by atoms with Crippen LogP contribution in [0.2, 0.25) is 0 Å². The molecule has 10 nitrogen and oxygen atoms in total. The lowest BCUT2D eigenvalue weighted by molar-refractivity contribution is -0.0756. The second kappa shape index (κ2) is 12.2. The number of hydroxylamine groups is 2. The zero-order valence-electron chi connectivity index (χ0n) is 18.7. The Morgan fingerprint density at radius 2 is 1.47 bits per heavy atom. The fraction of sp³-hybridized carbons (Fsp3) is 0.600. The molecule has 1 aromatic carbocycles. The van der Waals surface area contributed by atoms with Gasteiger partial charge in [0.2, 0.25) is 0 Å². The van der Waals surface area contributed by atoms with E-state index in [0.717, 1.165) is 5.06 Å². The minimum Gasteiger partial charge on any atom is -0.487 e. The summed E-state index contributed by atoms with van der Waals surface area (Å²) >= 11 is 0. The van der Waals surface area contributed by atoms with Crippen LogP contribution in [0.4, 0.5) is 10.5 Å². The summed E-state index contributed by atoms with van der Waals surface area (Å²) in [6.07, 6.45) is -0.715. The molecule has 0 saturated carbocycles. The molecule has 0 aliphatic heterocycles. The van der Waals surface area contributed by atoms with E-state index < -0.39 is 17.6 Å². The number of methoxy groups -OCH3 is 2. The Morgan fingerprint density at radius 1 is 0.933 bits per heavy atom. The fourth-order valence-electron chi connectivity index (χ4n) is 2.20. The lowest BCUT2D eigenvalue weighted by Gasteiger charge is -2.22. The Hall–Kier alpha value is -2.56. The van der Waals surface area contributed by atoms with Gasteiger partial charge in [-0.15, -0.1) is 0 Å². The van der Waals surface area contributed by atoms with Gasteiger partial charge in [-0.1, -0.05) is 0 Å². The van der Waals surface area contributed by atoms with Crippen molar-refractivity contribution in [1.82, 2.24) is 5.06 Å². The topological polar surface area (TPSA) is 105 Å². The summed E-state index contributed by atoms with van der Waals surface area (Å²) in [4.78, 5) is 30.1. The summed E-state index contributed by atoms with van der Waals surface area (Å²) in [6, 6.07) is 2.97. The summed E-state index contributed by atoms with van der Waals surface area (Å²) in [5.41, 5.74) is -0.389. The largest absolute Gasteiger partial charge is 0.487 e. The summed E-state index contributed by atoms with van der Waals surface area (Å²) in [5.74, 6) is 0.139. The molecule has 1 N–H and O–H groups in total. The highest BCUT2D eigenvalue weighted by atomic mass is 16.7. The van der Waals surface area contributed by atoms with E-state index in [-0.39, 0.29) is 24.5 Å². The zero-order valence-corrected chi connectivity index (χ0v) is 18.7. The number of hydrogen-bond donors (Lipinski definition) is 1. The van der Waals surface area contributed by atoms with Crippen LogP contribution in [-0.2, 0) is 19.0 Å². The van der Waals surface area contributed by atoms with Crippen LogP contribution in [0.3, 0.4) is 0 Å². The van der Waals surface area contributed by atoms with E-state index in [1.165, 1.54) is 26.3 Å². The van der Waals surface area contributed by atoms with Crippen molar-refractivity contribution < 1.29 is 38.1 Å². The molecule has 0 atom stereocenters. The summed E-state index contributed by atoms with van der Waals surface area (Å²) < 4.78 is 26.7. The minimum absolute atomic E-state index is 0.136. The molecule has 0 spiro atoms. The SMILES string of the molecule is COCCOc1cc(NC(=O)OC(C)(C)C)c(C(=O)N(C)OC)cc1OCCOC. The van der Waals surface area contributed by atoms with E-state index >= 15 is 0 Å². The van der Waals surface area contributed by atoms with Crippen molar-refractivity contribution in [3.8, 4) is 11.5 Å². The molecule has 2 amide bonds. The van der Waals surface area contributed by atoms with Gasteiger partial charge in [0, 0.05) is 27.3 Å². The van der Waals surface area contributed by atoms with E-state index in [0.29, 0.717) is 24.7 Å². The first-order chi connectivity index (χ1) is 14.1. The minimum atomic E-state index is -0.715. The monoisotopic (exact) mass is 428 g/mol. The Bertz CT molecular complexity index is 703. The van der Waals surface area contributed by atoms with Gasteiger partial charge < -0.3 is 23.7 Å². The molecule has 0 saturated heterocycles. The average Bonchev–Trinajstić information content (AvgIpc) is 2.67. The second-order valence-electron chi connectivity index (χ2n) is 7.14. The molecule has 0 aliphatic rings. The van der Waals surface area contributed by atoms with Crippen molar-refractivity contribution in [2.24, 2.45) is 0 Å². The molecule has 0 bridgehead atoms. The van der Waals surface area contributed by atoms with Gasteiger partial charge in [-0.2, -0.15) is 0 Å². The van der Waals surface area contributed by atoms with E-state index in [2.05, 4.69) is 5.32 Å². The van der Waals surface area contributed by atoms with Gasteiger partial charge in [0.1, 0.15) is 18.8 Å². The Labute approximate surface area is 177 Å². The first-order valence-electron chi connectivity index (χ1n) is 9.36. The number of nitrogens with zero attached hydrogens (tertiary/aromatic N) is 1. The van der Waals surface area contributed by atoms with Crippen molar-refractivity contribution in [2.45, 2.75) is 26.4 Å². The van der Waals surface area contributed by atoms with E-state index in [1.807, 2.05) is 0 Å². The Morgan fingerprint density at radius 3 is 1.93 bits per heavy atom. The third-order valence-electron chi connectivity index (χ3n) is 3.60. The van der Waals surface area contributed by atoms with Crippen molar-refractivity contribution in [3.63, 3.8) is 0 Å². The zero-order chi connectivity index (χ0) is 22.7. The molecule has 1 aromatic rings. The average molecular weight is 428 g/mol. The number of benzene rings is 1. The summed E-state index contributed by atoms with van der Waals surface area (Å²) in [6.45, 7) is 6.39. The highest BCUT2D eigenvalue weighted by Crippen LogP contribution is 2.35. The molecule has 0 radical (unpaired) electrons. The van der Waals surface area contributed by atoms with Crippen molar-refractivity contribution in [3.05, 3.63) is 17.7 Å². The lowest BCUT2D eigenvalue weighted by atomic mass is 10.1. The number of nitrogens with one attached hydrogen (secondary N) is 1. The maximum absolute atomic E-state index is 12.8. The van der Waals surface area contributed by atoms with Crippen LogP contribution in [-0.4, -0.2) is 77.5 Å². The number of hydrogen-bond acceptors (Lipinski definition) is 8. The van der Waals surface area contributed by atoms with Crippen molar-refractivity contribution in [1.29, 1.82) is 0 Å². The molecule has 30 heavy (non-hydrogen) atoms. The van der Waals surface area contributed by atoms with E-state index in [9.17, 15) is 9.59 Å². The van der Waals surface area contributed by atoms with Crippen LogP contribution in [0.1, 0.15) is 31.1 Å². The van der Waals surface area contributed by atoms with Crippen molar-refractivity contribution >= 4 is 17.7 Å². The predicted octanol–water partition coefficient (Wildman–Crippen LogP) is 2.72. The number of carbonyl (C=O) groups excluding carboxylic acids is 2. The first kappa shape index (κ1) is 25.5. The number of rotatable bonds is 11. The van der Waals surface area contributed by atoms with Crippen LogP contribution in [0.15, 0.2) is 12.1 Å². The highest BCUT2D eigenvalue weighted by molar-refractivity contribution is 6.03. The summed E-state index contributed by atoms with van der Waals surface area (Å²) in [5, 5.41) is 3.62. The summed E-state index contributed by atoms with van der Waals surface area (Å²) in [7, 11) is 5.91. The van der Waals surface area contributed by atoms with Crippen LogP contribution in [0.5, 0.6) is 11.5 Å². The molecular formula is C20H32N2O8. The van der Waals surface area contributed by atoms with E-state index in [4.69, 9.17) is 28.5 Å².